The smallest absolute Gasteiger partial charge is 0.0334 e. The van der Waals surface area contributed by atoms with Gasteiger partial charge >= 0.3 is 0 Å². The van der Waals surface area contributed by atoms with Gasteiger partial charge in [-0.05, 0) is 37.3 Å². The van der Waals surface area contributed by atoms with E-state index in [1.54, 1.807) is 0 Å². The molecule has 2 unspecified atom stereocenters. The maximum atomic E-state index is 6.20. The van der Waals surface area contributed by atoms with E-state index in [4.69, 9.17) is 5.73 Å². The van der Waals surface area contributed by atoms with Crippen LogP contribution in [0.25, 0.3) is 0 Å². The second-order valence-electron chi connectivity index (χ2n) is 6.45. The van der Waals surface area contributed by atoms with Gasteiger partial charge in [0.15, 0.2) is 0 Å². The predicted molar refractivity (Wildman–Crippen MR) is 86.8 cm³/mol. The molecule has 0 aromatic heterocycles. The zero-order valence-electron chi connectivity index (χ0n) is 13.1. The van der Waals surface area contributed by atoms with Crippen LogP contribution in [0.5, 0.6) is 0 Å². The third kappa shape index (κ3) is 3.62. The van der Waals surface area contributed by atoms with Crippen molar-refractivity contribution in [3.63, 3.8) is 0 Å². The minimum atomic E-state index is 0.251. The Morgan fingerprint density at radius 2 is 2.05 bits per heavy atom. The number of hydrogen-bond acceptors (Lipinski definition) is 2. The molecule has 112 valence electrons. The van der Waals surface area contributed by atoms with Gasteiger partial charge in [0.25, 0.3) is 0 Å². The number of nitrogens with two attached hydrogens (primary N) is 1. The summed E-state index contributed by atoms with van der Waals surface area (Å²) in [6.07, 6.45) is 6.38. The first-order chi connectivity index (χ1) is 9.70. The molecule has 1 aliphatic rings. The highest BCUT2D eigenvalue weighted by atomic mass is 15.2. The van der Waals surface area contributed by atoms with Crippen LogP contribution in [0.2, 0.25) is 0 Å². The van der Waals surface area contributed by atoms with Crippen molar-refractivity contribution in [2.45, 2.75) is 51.5 Å². The van der Waals surface area contributed by atoms with Gasteiger partial charge in [0.05, 0.1) is 0 Å². The molecule has 2 heteroatoms. The molecule has 0 amide bonds. The zero-order chi connectivity index (χ0) is 14.4. The number of nitrogens with zero attached hydrogens (tertiary/aromatic N) is 1. The van der Waals surface area contributed by atoms with Crippen molar-refractivity contribution in [2.24, 2.45) is 11.7 Å². The summed E-state index contributed by atoms with van der Waals surface area (Å²) in [6.45, 7) is 7.71. The molecule has 1 fully saturated rings. The maximum absolute atomic E-state index is 6.20. The van der Waals surface area contributed by atoms with E-state index in [9.17, 15) is 0 Å². The first kappa shape index (κ1) is 15.5. The molecule has 2 N–H and O–H groups in total. The van der Waals surface area contributed by atoms with Crippen LogP contribution in [0, 0.1) is 5.92 Å². The molecule has 1 aromatic rings. The fourth-order valence-electron chi connectivity index (χ4n) is 3.87. The van der Waals surface area contributed by atoms with Crippen molar-refractivity contribution in [3.8, 4) is 0 Å². The van der Waals surface area contributed by atoms with Crippen LogP contribution in [-0.2, 0) is 6.42 Å². The van der Waals surface area contributed by atoms with Crippen LogP contribution in [0.3, 0.4) is 0 Å². The Bertz CT molecular complexity index is 390. The Hall–Kier alpha value is -0.860. The third-order valence-electron chi connectivity index (χ3n) is 5.01. The van der Waals surface area contributed by atoms with Gasteiger partial charge in [-0.2, -0.15) is 0 Å². The maximum Gasteiger partial charge on any atom is 0.0334 e. The van der Waals surface area contributed by atoms with Crippen molar-refractivity contribution in [3.05, 3.63) is 35.9 Å². The summed E-state index contributed by atoms with van der Waals surface area (Å²) in [5.74, 6) is 0.818. The summed E-state index contributed by atoms with van der Waals surface area (Å²) >= 11 is 0. The highest BCUT2D eigenvalue weighted by Gasteiger charge is 2.37. The molecule has 0 aliphatic heterocycles. The minimum Gasteiger partial charge on any atom is -0.329 e. The van der Waals surface area contributed by atoms with E-state index in [0.29, 0.717) is 0 Å². The third-order valence-corrected chi connectivity index (χ3v) is 5.01. The van der Waals surface area contributed by atoms with Crippen LogP contribution >= 0.6 is 0 Å². The zero-order valence-corrected chi connectivity index (χ0v) is 13.1. The van der Waals surface area contributed by atoms with E-state index in [-0.39, 0.29) is 5.54 Å². The second-order valence-corrected chi connectivity index (χ2v) is 6.45. The number of benzene rings is 1. The quantitative estimate of drug-likeness (QED) is 0.861. The van der Waals surface area contributed by atoms with E-state index in [1.807, 2.05) is 0 Å². The molecule has 2 atom stereocenters. The standard InChI is InChI=1S/C18H30N2/c1-3-20(13-11-17-9-5-4-6-10-17)18(15-19)12-7-8-16(2)14-18/h4-6,9-10,16H,3,7-8,11-15,19H2,1-2H3. The van der Waals surface area contributed by atoms with Crippen LogP contribution in [0.15, 0.2) is 30.3 Å². The average Bonchev–Trinajstić information content (AvgIpc) is 2.49. The van der Waals surface area contributed by atoms with Crippen LogP contribution in [0.4, 0.5) is 0 Å². The van der Waals surface area contributed by atoms with Crippen molar-refractivity contribution in [1.82, 2.24) is 4.90 Å². The Labute approximate surface area is 124 Å². The lowest BCUT2D eigenvalue weighted by Gasteiger charge is -2.47. The molecule has 0 bridgehead atoms. The molecule has 2 rings (SSSR count). The number of hydrogen-bond donors (Lipinski definition) is 1. The monoisotopic (exact) mass is 274 g/mol. The van der Waals surface area contributed by atoms with Gasteiger partial charge in [0.2, 0.25) is 0 Å². The van der Waals surface area contributed by atoms with E-state index in [2.05, 4.69) is 49.1 Å². The summed E-state index contributed by atoms with van der Waals surface area (Å²) in [5, 5.41) is 0. The lowest BCUT2D eigenvalue weighted by atomic mass is 9.75. The first-order valence-corrected chi connectivity index (χ1v) is 8.19. The van der Waals surface area contributed by atoms with Crippen LogP contribution < -0.4 is 5.73 Å². The molecular formula is C18H30N2. The topological polar surface area (TPSA) is 29.3 Å². The summed E-state index contributed by atoms with van der Waals surface area (Å²) in [5.41, 5.74) is 7.89. The molecule has 0 radical (unpaired) electrons. The van der Waals surface area contributed by atoms with E-state index in [0.717, 1.165) is 32.0 Å². The number of likely N-dealkylation sites (N-methyl/N-ethyl adjacent to an activating group) is 1. The molecule has 2 nitrogen and oxygen atoms in total. The Morgan fingerprint density at radius 1 is 1.30 bits per heavy atom. The molecule has 0 saturated heterocycles. The normalized spacial score (nSPS) is 26.9. The van der Waals surface area contributed by atoms with Crippen molar-refractivity contribution < 1.29 is 0 Å². The highest BCUT2D eigenvalue weighted by Crippen LogP contribution is 2.36. The van der Waals surface area contributed by atoms with Gasteiger partial charge in [-0.3, -0.25) is 4.90 Å². The first-order valence-electron chi connectivity index (χ1n) is 8.19. The van der Waals surface area contributed by atoms with Crippen molar-refractivity contribution in [2.75, 3.05) is 19.6 Å². The minimum absolute atomic E-state index is 0.251. The lowest BCUT2D eigenvalue weighted by molar-refractivity contribution is 0.0442. The molecule has 1 aromatic carbocycles. The highest BCUT2D eigenvalue weighted by molar-refractivity contribution is 5.15. The Morgan fingerprint density at radius 3 is 2.65 bits per heavy atom. The summed E-state index contributed by atoms with van der Waals surface area (Å²) < 4.78 is 0. The summed E-state index contributed by atoms with van der Waals surface area (Å²) in [6, 6.07) is 10.8. The van der Waals surface area contributed by atoms with E-state index in [1.165, 1.54) is 31.2 Å². The van der Waals surface area contributed by atoms with Crippen LogP contribution in [0.1, 0.15) is 45.1 Å². The molecule has 20 heavy (non-hydrogen) atoms. The predicted octanol–water partition coefficient (Wildman–Crippen LogP) is 3.46. The van der Waals surface area contributed by atoms with Gasteiger partial charge in [-0.1, -0.05) is 57.0 Å². The van der Waals surface area contributed by atoms with Gasteiger partial charge in [-0.15, -0.1) is 0 Å². The molecule has 0 heterocycles. The lowest BCUT2D eigenvalue weighted by Crippen LogP contribution is -2.56. The molecular weight excluding hydrogens is 244 g/mol. The second kappa shape index (κ2) is 7.24. The largest absolute Gasteiger partial charge is 0.329 e. The van der Waals surface area contributed by atoms with E-state index >= 15 is 0 Å². The molecule has 1 aliphatic carbocycles. The fourth-order valence-corrected chi connectivity index (χ4v) is 3.87. The summed E-state index contributed by atoms with van der Waals surface area (Å²) in [4.78, 5) is 2.65. The van der Waals surface area contributed by atoms with Crippen molar-refractivity contribution in [1.29, 1.82) is 0 Å². The molecule has 0 spiro atoms. The average molecular weight is 274 g/mol. The Balaban J connectivity index is 2.02. The Kier molecular flexibility index (Phi) is 5.62. The SMILES string of the molecule is CCN(CCc1ccccc1)C1(CN)CCCC(C)C1. The summed E-state index contributed by atoms with van der Waals surface area (Å²) in [7, 11) is 0. The van der Waals surface area contributed by atoms with Crippen molar-refractivity contribution >= 4 is 0 Å². The van der Waals surface area contributed by atoms with Crippen LogP contribution in [-0.4, -0.2) is 30.1 Å². The van der Waals surface area contributed by atoms with Gasteiger partial charge in [-0.25, -0.2) is 0 Å². The molecule has 1 saturated carbocycles. The number of rotatable bonds is 6. The fraction of sp³-hybridized carbons (Fsp3) is 0.667. The van der Waals surface area contributed by atoms with Gasteiger partial charge < -0.3 is 5.73 Å². The van der Waals surface area contributed by atoms with Gasteiger partial charge in [0.1, 0.15) is 0 Å². The van der Waals surface area contributed by atoms with Gasteiger partial charge in [0, 0.05) is 18.6 Å². The van der Waals surface area contributed by atoms with E-state index < -0.39 is 0 Å².